The van der Waals surface area contributed by atoms with Crippen LogP contribution in [0.15, 0.2) is 18.2 Å². The molecule has 0 radical (unpaired) electrons. The second kappa shape index (κ2) is 6.36. The molecule has 0 saturated carbocycles. The van der Waals surface area contributed by atoms with E-state index in [4.69, 9.17) is 34.3 Å². The number of halogens is 1. The third-order valence-corrected chi connectivity index (χ3v) is 3.51. The van der Waals surface area contributed by atoms with Crippen LogP contribution in [0.5, 0.6) is 0 Å². The maximum Gasteiger partial charge on any atom is 0.106 e. The van der Waals surface area contributed by atoms with Crippen molar-refractivity contribution in [2.75, 3.05) is 18.5 Å². The molecule has 18 heavy (non-hydrogen) atoms. The Morgan fingerprint density at radius 3 is 3.06 bits per heavy atom. The zero-order valence-corrected chi connectivity index (χ0v) is 11.7. The van der Waals surface area contributed by atoms with Crippen LogP contribution >= 0.6 is 23.8 Å². The Labute approximate surface area is 118 Å². The highest BCUT2D eigenvalue weighted by molar-refractivity contribution is 7.80. The molecule has 1 aromatic rings. The van der Waals surface area contributed by atoms with Crippen molar-refractivity contribution < 1.29 is 4.74 Å². The van der Waals surface area contributed by atoms with Gasteiger partial charge in [-0.3, -0.25) is 0 Å². The molecule has 1 aromatic carbocycles. The van der Waals surface area contributed by atoms with Crippen LogP contribution in [-0.4, -0.2) is 24.2 Å². The lowest BCUT2D eigenvalue weighted by atomic mass is 10.1. The van der Waals surface area contributed by atoms with E-state index < -0.39 is 0 Å². The van der Waals surface area contributed by atoms with E-state index in [1.807, 2.05) is 12.1 Å². The van der Waals surface area contributed by atoms with E-state index in [-0.39, 0.29) is 0 Å². The van der Waals surface area contributed by atoms with Gasteiger partial charge in [0.2, 0.25) is 0 Å². The summed E-state index contributed by atoms with van der Waals surface area (Å²) in [5.74, 6) is 0. The Morgan fingerprint density at radius 2 is 2.39 bits per heavy atom. The molecule has 0 spiro atoms. The van der Waals surface area contributed by atoms with Crippen molar-refractivity contribution in [3.8, 4) is 0 Å². The summed E-state index contributed by atoms with van der Waals surface area (Å²) in [5.41, 5.74) is 7.41. The van der Waals surface area contributed by atoms with Crippen molar-refractivity contribution in [1.29, 1.82) is 0 Å². The summed E-state index contributed by atoms with van der Waals surface area (Å²) >= 11 is 11.0. The molecule has 1 aliphatic rings. The summed E-state index contributed by atoms with van der Waals surface area (Å²) in [6.07, 6.45) is 3.69. The first-order valence-electron chi connectivity index (χ1n) is 6.11. The smallest absolute Gasteiger partial charge is 0.106 e. The fourth-order valence-electron chi connectivity index (χ4n) is 2.12. The Kier molecular flexibility index (Phi) is 4.80. The highest BCUT2D eigenvalue weighted by atomic mass is 35.5. The number of nitrogens with one attached hydrogen (secondary N) is 1. The summed E-state index contributed by atoms with van der Waals surface area (Å²) in [7, 11) is 0. The minimum Gasteiger partial charge on any atom is -0.389 e. The van der Waals surface area contributed by atoms with Crippen LogP contribution in [-0.2, 0) is 4.74 Å². The number of hydrogen-bond donors (Lipinski definition) is 2. The molecule has 0 amide bonds. The number of nitrogens with two attached hydrogens (primary N) is 1. The van der Waals surface area contributed by atoms with Gasteiger partial charge in [-0.2, -0.15) is 0 Å². The standard InChI is InChI=1S/C13H17ClN2OS/c14-9-3-4-11(13(15)18)12(8-9)16-6-5-10-2-1-7-17-10/h3-4,8,10,16H,1-2,5-7H2,(H2,15,18). The van der Waals surface area contributed by atoms with Gasteiger partial charge in [-0.15, -0.1) is 0 Å². The molecule has 1 heterocycles. The van der Waals surface area contributed by atoms with Crippen LogP contribution in [0.3, 0.4) is 0 Å². The highest BCUT2D eigenvalue weighted by Crippen LogP contribution is 2.22. The molecule has 1 fully saturated rings. The Bertz CT molecular complexity index is 433. The molecule has 1 atom stereocenters. The van der Waals surface area contributed by atoms with Crippen molar-refractivity contribution in [2.24, 2.45) is 5.73 Å². The maximum atomic E-state index is 5.98. The Hall–Kier alpha value is -0.840. The average Bonchev–Trinajstić information content (AvgIpc) is 2.82. The summed E-state index contributed by atoms with van der Waals surface area (Å²) in [6.45, 7) is 1.72. The van der Waals surface area contributed by atoms with Gasteiger partial charge in [-0.1, -0.05) is 23.8 Å². The van der Waals surface area contributed by atoms with Crippen molar-refractivity contribution in [2.45, 2.75) is 25.4 Å². The predicted molar refractivity (Wildman–Crippen MR) is 79.4 cm³/mol. The second-order valence-corrected chi connectivity index (χ2v) is 5.28. The molecule has 1 aliphatic heterocycles. The van der Waals surface area contributed by atoms with E-state index in [0.29, 0.717) is 16.1 Å². The predicted octanol–water partition coefficient (Wildman–Crippen LogP) is 2.96. The molecular formula is C13H17ClN2OS. The van der Waals surface area contributed by atoms with Crippen LogP contribution in [0.4, 0.5) is 5.69 Å². The Balaban J connectivity index is 1.94. The molecule has 0 aliphatic carbocycles. The van der Waals surface area contributed by atoms with Crippen LogP contribution < -0.4 is 11.1 Å². The minimum atomic E-state index is 0.380. The molecule has 3 N–H and O–H groups in total. The lowest BCUT2D eigenvalue weighted by Crippen LogP contribution is -2.16. The second-order valence-electron chi connectivity index (χ2n) is 4.40. The van der Waals surface area contributed by atoms with Gasteiger partial charge in [0.15, 0.2) is 0 Å². The van der Waals surface area contributed by atoms with E-state index in [0.717, 1.165) is 37.2 Å². The van der Waals surface area contributed by atoms with E-state index in [9.17, 15) is 0 Å². The van der Waals surface area contributed by atoms with Crippen molar-refractivity contribution in [3.63, 3.8) is 0 Å². The Morgan fingerprint density at radius 1 is 1.56 bits per heavy atom. The summed E-state index contributed by atoms with van der Waals surface area (Å²) < 4.78 is 5.58. The number of thiocarbonyl (C=S) groups is 1. The van der Waals surface area contributed by atoms with Gasteiger partial charge < -0.3 is 15.8 Å². The zero-order valence-electron chi connectivity index (χ0n) is 10.1. The third-order valence-electron chi connectivity index (χ3n) is 3.05. The van der Waals surface area contributed by atoms with Crippen LogP contribution in [0.25, 0.3) is 0 Å². The van der Waals surface area contributed by atoms with Gasteiger partial charge in [0, 0.05) is 29.4 Å². The van der Waals surface area contributed by atoms with Crippen molar-refractivity contribution in [1.82, 2.24) is 0 Å². The maximum absolute atomic E-state index is 5.98. The van der Waals surface area contributed by atoms with Crippen LogP contribution in [0, 0.1) is 0 Å². The lowest BCUT2D eigenvalue weighted by molar-refractivity contribution is 0.107. The SMILES string of the molecule is NC(=S)c1ccc(Cl)cc1NCCC1CCCO1. The molecular weight excluding hydrogens is 268 g/mol. The molecule has 1 saturated heterocycles. The van der Waals surface area contributed by atoms with Gasteiger partial charge in [0.05, 0.1) is 6.10 Å². The quantitative estimate of drug-likeness (QED) is 0.816. The van der Waals surface area contributed by atoms with Gasteiger partial charge in [-0.25, -0.2) is 0 Å². The molecule has 2 rings (SSSR count). The first-order chi connectivity index (χ1) is 8.66. The van der Waals surface area contributed by atoms with Crippen molar-refractivity contribution >= 4 is 34.5 Å². The molecule has 0 aromatic heterocycles. The third kappa shape index (κ3) is 3.57. The molecule has 1 unspecified atom stereocenters. The summed E-state index contributed by atoms with van der Waals surface area (Å²) in [5, 5.41) is 4.01. The number of anilines is 1. The first-order valence-corrected chi connectivity index (χ1v) is 6.90. The normalized spacial score (nSPS) is 18.8. The number of rotatable bonds is 5. The number of hydrogen-bond acceptors (Lipinski definition) is 3. The fourth-order valence-corrected chi connectivity index (χ4v) is 2.47. The van der Waals surface area contributed by atoms with E-state index in [1.165, 1.54) is 6.42 Å². The fraction of sp³-hybridized carbons (Fsp3) is 0.462. The average molecular weight is 285 g/mol. The molecule has 5 heteroatoms. The highest BCUT2D eigenvalue weighted by Gasteiger charge is 2.15. The topological polar surface area (TPSA) is 47.3 Å². The molecule has 3 nitrogen and oxygen atoms in total. The van der Waals surface area contributed by atoms with E-state index in [1.54, 1.807) is 6.07 Å². The number of ether oxygens (including phenoxy) is 1. The van der Waals surface area contributed by atoms with E-state index >= 15 is 0 Å². The zero-order chi connectivity index (χ0) is 13.0. The largest absolute Gasteiger partial charge is 0.389 e. The van der Waals surface area contributed by atoms with Gasteiger partial charge in [-0.05, 0) is 37.5 Å². The summed E-state index contributed by atoms with van der Waals surface area (Å²) in [4.78, 5) is 0.381. The van der Waals surface area contributed by atoms with Gasteiger partial charge >= 0.3 is 0 Å². The first kappa shape index (κ1) is 13.6. The van der Waals surface area contributed by atoms with E-state index in [2.05, 4.69) is 5.32 Å². The molecule has 98 valence electrons. The lowest BCUT2D eigenvalue weighted by Gasteiger charge is -2.14. The van der Waals surface area contributed by atoms with Crippen LogP contribution in [0.2, 0.25) is 5.02 Å². The van der Waals surface area contributed by atoms with Gasteiger partial charge in [0.25, 0.3) is 0 Å². The van der Waals surface area contributed by atoms with Crippen molar-refractivity contribution in [3.05, 3.63) is 28.8 Å². The minimum absolute atomic E-state index is 0.380. The monoisotopic (exact) mass is 284 g/mol. The summed E-state index contributed by atoms with van der Waals surface area (Å²) in [6, 6.07) is 5.49. The van der Waals surface area contributed by atoms with Gasteiger partial charge in [0.1, 0.15) is 4.99 Å². The molecule has 0 bridgehead atoms. The number of benzene rings is 1. The van der Waals surface area contributed by atoms with Crippen LogP contribution in [0.1, 0.15) is 24.8 Å².